The second kappa shape index (κ2) is 9.12. The molecule has 2 N–H and O–H groups in total. The molecule has 0 spiro atoms. The molecule has 1 aromatic rings. The van der Waals surface area contributed by atoms with Crippen LogP contribution in [0.5, 0.6) is 0 Å². The van der Waals surface area contributed by atoms with Crippen molar-refractivity contribution < 1.29 is 14.3 Å². The van der Waals surface area contributed by atoms with Crippen molar-refractivity contribution in [1.29, 1.82) is 0 Å². The standard InChI is InChI=1S/C20H26N2O3S/c1-14-18(26-13-12-25-14)20(24)22-17-10-8-15(9-11-17)19(23)21-16-6-4-2-3-5-7-16/h8-11,16H,2-7,12-13H2,1H3,(H,21,23)(H,22,24). The number of benzene rings is 1. The SMILES string of the molecule is CC1=C(C(=O)Nc2ccc(C(=O)NC3CCCCCC3)cc2)SCCO1. The lowest BCUT2D eigenvalue weighted by atomic mass is 10.1. The Morgan fingerprint density at radius 3 is 2.38 bits per heavy atom. The number of hydrogen-bond acceptors (Lipinski definition) is 4. The number of ether oxygens (including phenoxy) is 1. The van der Waals surface area contributed by atoms with Gasteiger partial charge in [-0.25, -0.2) is 0 Å². The van der Waals surface area contributed by atoms with E-state index in [1.807, 2.05) is 6.92 Å². The summed E-state index contributed by atoms with van der Waals surface area (Å²) in [5.41, 5.74) is 1.30. The minimum atomic E-state index is -0.164. The van der Waals surface area contributed by atoms with Crippen LogP contribution in [-0.2, 0) is 9.53 Å². The van der Waals surface area contributed by atoms with Crippen molar-refractivity contribution in [2.75, 3.05) is 17.7 Å². The van der Waals surface area contributed by atoms with Crippen LogP contribution in [0.1, 0.15) is 55.8 Å². The largest absolute Gasteiger partial charge is 0.496 e. The minimum Gasteiger partial charge on any atom is -0.496 e. The Hall–Kier alpha value is -1.95. The van der Waals surface area contributed by atoms with Gasteiger partial charge in [0.05, 0.1) is 6.61 Å². The lowest BCUT2D eigenvalue weighted by Crippen LogP contribution is -2.34. The van der Waals surface area contributed by atoms with Gasteiger partial charge in [0.15, 0.2) is 0 Å². The first-order valence-corrected chi connectivity index (χ1v) is 10.3. The van der Waals surface area contributed by atoms with E-state index in [0.29, 0.717) is 28.5 Å². The first-order valence-electron chi connectivity index (χ1n) is 9.32. The van der Waals surface area contributed by atoms with E-state index < -0.39 is 0 Å². The third-order valence-electron chi connectivity index (χ3n) is 4.77. The molecule has 1 heterocycles. The number of carbonyl (C=O) groups excluding carboxylic acids is 2. The van der Waals surface area contributed by atoms with Gasteiger partial charge in [0.1, 0.15) is 10.7 Å². The van der Waals surface area contributed by atoms with Crippen molar-refractivity contribution in [3.8, 4) is 0 Å². The van der Waals surface area contributed by atoms with E-state index in [9.17, 15) is 9.59 Å². The molecule has 0 aromatic heterocycles. The highest BCUT2D eigenvalue weighted by Crippen LogP contribution is 2.26. The van der Waals surface area contributed by atoms with E-state index in [2.05, 4.69) is 10.6 Å². The van der Waals surface area contributed by atoms with Gasteiger partial charge in [-0.15, -0.1) is 11.8 Å². The number of carbonyl (C=O) groups is 2. The van der Waals surface area contributed by atoms with Crippen LogP contribution in [0, 0.1) is 0 Å². The maximum atomic E-state index is 12.4. The number of hydrogen-bond donors (Lipinski definition) is 2. The third-order valence-corrected chi connectivity index (χ3v) is 5.90. The van der Waals surface area contributed by atoms with E-state index >= 15 is 0 Å². The first kappa shape index (κ1) is 18.8. The molecule has 0 saturated heterocycles. The Labute approximate surface area is 158 Å². The zero-order chi connectivity index (χ0) is 18.4. The highest BCUT2D eigenvalue weighted by Gasteiger charge is 2.19. The molecule has 5 nitrogen and oxygen atoms in total. The van der Waals surface area contributed by atoms with Crippen molar-refractivity contribution in [1.82, 2.24) is 5.32 Å². The van der Waals surface area contributed by atoms with Gasteiger partial charge in [-0.3, -0.25) is 9.59 Å². The summed E-state index contributed by atoms with van der Waals surface area (Å²) in [5.74, 6) is 1.24. The Morgan fingerprint density at radius 1 is 1.04 bits per heavy atom. The number of allylic oxidation sites excluding steroid dienone is 1. The third kappa shape index (κ3) is 5.04. The quantitative estimate of drug-likeness (QED) is 0.780. The lowest BCUT2D eigenvalue weighted by molar-refractivity contribution is -0.112. The van der Waals surface area contributed by atoms with Gasteiger partial charge in [-0.1, -0.05) is 25.7 Å². The molecular formula is C20H26N2O3S. The number of nitrogens with one attached hydrogen (secondary N) is 2. The van der Waals surface area contributed by atoms with E-state index in [1.54, 1.807) is 24.3 Å². The molecular weight excluding hydrogens is 348 g/mol. The van der Waals surface area contributed by atoms with Gasteiger partial charge in [0, 0.05) is 23.0 Å². The van der Waals surface area contributed by atoms with E-state index in [1.165, 1.54) is 37.4 Å². The van der Waals surface area contributed by atoms with Crippen molar-refractivity contribution in [3.63, 3.8) is 0 Å². The van der Waals surface area contributed by atoms with Crippen LogP contribution in [0.25, 0.3) is 0 Å². The molecule has 0 radical (unpaired) electrons. The van der Waals surface area contributed by atoms with Crippen LogP contribution in [0.4, 0.5) is 5.69 Å². The molecule has 0 atom stereocenters. The Bertz CT molecular complexity index is 677. The predicted octanol–water partition coefficient (Wildman–Crippen LogP) is 4.07. The summed E-state index contributed by atoms with van der Waals surface area (Å²) < 4.78 is 5.43. The van der Waals surface area contributed by atoms with Crippen molar-refractivity contribution in [2.45, 2.75) is 51.5 Å². The van der Waals surface area contributed by atoms with Crippen LogP contribution >= 0.6 is 11.8 Å². The van der Waals surface area contributed by atoms with Gasteiger partial charge in [0.25, 0.3) is 11.8 Å². The van der Waals surface area contributed by atoms with Crippen LogP contribution < -0.4 is 10.6 Å². The van der Waals surface area contributed by atoms with E-state index in [4.69, 9.17) is 4.74 Å². The zero-order valence-electron chi connectivity index (χ0n) is 15.2. The van der Waals surface area contributed by atoms with Crippen molar-refractivity contribution >= 4 is 29.3 Å². The Morgan fingerprint density at radius 2 is 1.73 bits per heavy atom. The summed E-state index contributed by atoms with van der Waals surface area (Å²) in [5, 5.41) is 6.01. The van der Waals surface area contributed by atoms with Gasteiger partial charge < -0.3 is 15.4 Å². The highest BCUT2D eigenvalue weighted by molar-refractivity contribution is 8.04. The zero-order valence-corrected chi connectivity index (χ0v) is 16.0. The van der Waals surface area contributed by atoms with E-state index in [0.717, 1.165) is 18.6 Å². The van der Waals surface area contributed by atoms with Crippen LogP contribution in [0.3, 0.4) is 0 Å². The molecule has 26 heavy (non-hydrogen) atoms. The molecule has 1 aliphatic heterocycles. The fourth-order valence-corrected chi connectivity index (χ4v) is 4.13. The molecule has 1 fully saturated rings. The second-order valence-corrected chi connectivity index (χ2v) is 7.88. The smallest absolute Gasteiger partial charge is 0.265 e. The maximum absolute atomic E-state index is 12.4. The van der Waals surface area contributed by atoms with Gasteiger partial charge in [-0.2, -0.15) is 0 Å². The topological polar surface area (TPSA) is 67.4 Å². The average Bonchev–Trinajstić information content (AvgIpc) is 2.91. The highest BCUT2D eigenvalue weighted by atomic mass is 32.2. The number of thioether (sulfide) groups is 1. The Balaban J connectivity index is 1.57. The van der Waals surface area contributed by atoms with Gasteiger partial charge >= 0.3 is 0 Å². The van der Waals surface area contributed by atoms with E-state index in [-0.39, 0.29) is 17.9 Å². The molecule has 2 amide bonds. The molecule has 0 bridgehead atoms. The summed E-state index contributed by atoms with van der Waals surface area (Å²) >= 11 is 1.51. The molecule has 1 saturated carbocycles. The minimum absolute atomic E-state index is 0.0374. The number of rotatable bonds is 4. The normalized spacial score (nSPS) is 18.7. The summed E-state index contributed by atoms with van der Waals surface area (Å²) in [6, 6.07) is 7.33. The van der Waals surface area contributed by atoms with Crippen LogP contribution in [0.2, 0.25) is 0 Å². The predicted molar refractivity (Wildman–Crippen MR) is 105 cm³/mol. The summed E-state index contributed by atoms with van der Waals surface area (Å²) in [4.78, 5) is 25.4. The lowest BCUT2D eigenvalue weighted by Gasteiger charge is -2.18. The van der Waals surface area contributed by atoms with Crippen LogP contribution in [-0.4, -0.2) is 30.2 Å². The van der Waals surface area contributed by atoms with Crippen molar-refractivity contribution in [3.05, 3.63) is 40.5 Å². The Kier molecular flexibility index (Phi) is 6.61. The molecule has 0 unspecified atom stereocenters. The molecule has 1 aromatic carbocycles. The molecule has 140 valence electrons. The van der Waals surface area contributed by atoms with Gasteiger partial charge in [-0.05, 0) is 44.0 Å². The summed E-state index contributed by atoms with van der Waals surface area (Å²) in [6.07, 6.45) is 7.03. The monoisotopic (exact) mass is 374 g/mol. The second-order valence-electron chi connectivity index (χ2n) is 6.78. The summed E-state index contributed by atoms with van der Waals surface area (Å²) in [7, 11) is 0. The molecule has 3 rings (SSSR count). The number of anilines is 1. The van der Waals surface area contributed by atoms with Crippen molar-refractivity contribution in [2.24, 2.45) is 0 Å². The molecule has 6 heteroatoms. The first-order chi connectivity index (χ1) is 12.6. The fourth-order valence-electron chi connectivity index (χ4n) is 3.32. The van der Waals surface area contributed by atoms with Gasteiger partial charge in [0.2, 0.25) is 0 Å². The van der Waals surface area contributed by atoms with Crippen LogP contribution in [0.15, 0.2) is 34.9 Å². The maximum Gasteiger partial charge on any atom is 0.265 e. The fraction of sp³-hybridized carbons (Fsp3) is 0.500. The average molecular weight is 375 g/mol. The number of amides is 2. The molecule has 1 aliphatic carbocycles. The summed E-state index contributed by atoms with van der Waals surface area (Å²) in [6.45, 7) is 2.44. The molecule has 2 aliphatic rings.